The van der Waals surface area contributed by atoms with Gasteiger partial charge in [-0.05, 0) is 29.4 Å². The van der Waals surface area contributed by atoms with Gasteiger partial charge in [-0.3, -0.25) is 0 Å². The first-order valence-corrected chi connectivity index (χ1v) is 4.95. The van der Waals surface area contributed by atoms with E-state index in [0.717, 1.165) is 29.8 Å². The lowest BCUT2D eigenvalue weighted by molar-refractivity contribution is 0.765. The number of aromatic nitrogens is 2. The lowest BCUT2D eigenvalue weighted by Crippen LogP contribution is -2.06. The number of H-pyrrole nitrogens is 1. The molecule has 0 aliphatic rings. The number of aryl methyl sites for hydroxylation is 1. The molecule has 3 nitrogen and oxygen atoms in total. The van der Waals surface area contributed by atoms with E-state index in [1.165, 1.54) is 5.69 Å². The number of rotatable bonds is 4. The van der Waals surface area contributed by atoms with Gasteiger partial charge in [-0.25, -0.2) is 4.98 Å². The van der Waals surface area contributed by atoms with E-state index in [9.17, 15) is 0 Å². The molecule has 0 saturated carbocycles. The Kier molecular flexibility index (Phi) is 3.75. The van der Waals surface area contributed by atoms with Gasteiger partial charge in [0.2, 0.25) is 0 Å². The zero-order valence-corrected chi connectivity index (χ0v) is 9.03. The normalized spacial score (nSPS) is 10.6. The summed E-state index contributed by atoms with van der Waals surface area (Å²) in [6.07, 6.45) is 2.19. The Morgan fingerprint density at radius 3 is 2.92 bits per heavy atom. The van der Waals surface area contributed by atoms with E-state index in [2.05, 4.69) is 38.1 Å². The highest BCUT2D eigenvalue weighted by Gasteiger charge is 2.05. The lowest BCUT2D eigenvalue weighted by atomic mass is 10.3. The van der Waals surface area contributed by atoms with Gasteiger partial charge in [0.15, 0.2) is 0 Å². The predicted molar refractivity (Wildman–Crippen MR) is 53.0 cm³/mol. The highest BCUT2D eigenvalue weighted by atomic mass is 79.9. The van der Waals surface area contributed by atoms with Crippen LogP contribution in [0.3, 0.4) is 0 Å². The second kappa shape index (κ2) is 4.62. The van der Waals surface area contributed by atoms with E-state index in [0.29, 0.717) is 0 Å². The van der Waals surface area contributed by atoms with E-state index in [1.807, 2.05) is 7.05 Å². The van der Waals surface area contributed by atoms with Gasteiger partial charge >= 0.3 is 0 Å². The molecule has 1 heterocycles. The van der Waals surface area contributed by atoms with Crippen molar-refractivity contribution in [1.82, 2.24) is 15.3 Å². The molecule has 0 fully saturated rings. The third-order valence-corrected chi connectivity index (χ3v) is 2.28. The summed E-state index contributed by atoms with van der Waals surface area (Å²) in [4.78, 5) is 7.58. The molecule has 1 rings (SSSR count). The molecule has 0 unspecified atom stereocenters. The van der Waals surface area contributed by atoms with Gasteiger partial charge in [-0.15, -0.1) is 0 Å². The van der Waals surface area contributed by atoms with Crippen LogP contribution in [0.4, 0.5) is 0 Å². The summed E-state index contributed by atoms with van der Waals surface area (Å²) in [5.41, 5.74) is 1.20. The molecule has 0 spiro atoms. The van der Waals surface area contributed by atoms with E-state index in [4.69, 9.17) is 0 Å². The summed E-state index contributed by atoms with van der Waals surface area (Å²) < 4.78 is 0.953. The molecule has 0 bridgehead atoms. The Balaban J connectivity index is 2.70. The van der Waals surface area contributed by atoms with Gasteiger partial charge < -0.3 is 10.3 Å². The Morgan fingerprint density at radius 2 is 2.33 bits per heavy atom. The highest BCUT2D eigenvalue weighted by molar-refractivity contribution is 9.10. The van der Waals surface area contributed by atoms with E-state index in [1.54, 1.807) is 0 Å². The largest absolute Gasteiger partial charge is 0.344 e. The summed E-state index contributed by atoms with van der Waals surface area (Å²) in [5, 5.41) is 3.05. The van der Waals surface area contributed by atoms with E-state index in [-0.39, 0.29) is 0 Å². The molecule has 0 amide bonds. The Labute approximate surface area is 81.1 Å². The zero-order valence-electron chi connectivity index (χ0n) is 7.45. The van der Waals surface area contributed by atoms with Crippen LogP contribution < -0.4 is 5.32 Å². The molecule has 0 aliphatic heterocycles. The Morgan fingerprint density at radius 1 is 1.58 bits per heavy atom. The SMILES string of the molecule is CCCc1[nH]c(CNC)nc1Br. The molecule has 4 heteroatoms. The number of halogens is 1. The summed E-state index contributed by atoms with van der Waals surface area (Å²) in [6, 6.07) is 0. The first kappa shape index (κ1) is 9.74. The lowest BCUT2D eigenvalue weighted by Gasteiger charge is -1.93. The summed E-state index contributed by atoms with van der Waals surface area (Å²) in [6.45, 7) is 2.95. The van der Waals surface area contributed by atoms with Crippen molar-refractivity contribution >= 4 is 15.9 Å². The van der Waals surface area contributed by atoms with Crippen LogP contribution in [0.5, 0.6) is 0 Å². The fraction of sp³-hybridized carbons (Fsp3) is 0.625. The van der Waals surface area contributed by atoms with Crippen LogP contribution in [0.1, 0.15) is 24.9 Å². The highest BCUT2D eigenvalue weighted by Crippen LogP contribution is 2.14. The van der Waals surface area contributed by atoms with Crippen molar-refractivity contribution in [3.63, 3.8) is 0 Å². The van der Waals surface area contributed by atoms with Crippen molar-refractivity contribution in [2.45, 2.75) is 26.3 Å². The van der Waals surface area contributed by atoms with Crippen molar-refractivity contribution in [2.75, 3.05) is 7.05 Å². The maximum absolute atomic E-state index is 4.32. The number of imidazole rings is 1. The second-order valence-corrected chi connectivity index (χ2v) is 3.48. The van der Waals surface area contributed by atoms with Crippen molar-refractivity contribution in [3.8, 4) is 0 Å². The van der Waals surface area contributed by atoms with Gasteiger partial charge in [-0.1, -0.05) is 13.3 Å². The van der Waals surface area contributed by atoms with Crippen LogP contribution in [0, 0.1) is 0 Å². The standard InChI is InChI=1S/C8H14BrN3/c1-3-4-6-8(9)12-7(11-6)5-10-2/h10H,3-5H2,1-2H3,(H,11,12). The van der Waals surface area contributed by atoms with Gasteiger partial charge in [0.25, 0.3) is 0 Å². The van der Waals surface area contributed by atoms with E-state index < -0.39 is 0 Å². The smallest absolute Gasteiger partial charge is 0.127 e. The molecular weight excluding hydrogens is 218 g/mol. The minimum absolute atomic E-state index is 0.794. The fourth-order valence-electron chi connectivity index (χ4n) is 1.11. The number of aromatic amines is 1. The third-order valence-electron chi connectivity index (χ3n) is 1.62. The maximum atomic E-state index is 4.32. The molecule has 0 saturated heterocycles. The molecule has 1 aromatic rings. The number of hydrogen-bond acceptors (Lipinski definition) is 2. The number of hydrogen-bond donors (Lipinski definition) is 2. The van der Waals surface area contributed by atoms with Crippen LogP contribution >= 0.6 is 15.9 Å². The van der Waals surface area contributed by atoms with Gasteiger partial charge in [-0.2, -0.15) is 0 Å². The monoisotopic (exact) mass is 231 g/mol. The zero-order chi connectivity index (χ0) is 8.97. The first-order chi connectivity index (χ1) is 5.77. The molecule has 68 valence electrons. The fourth-order valence-corrected chi connectivity index (χ4v) is 1.62. The van der Waals surface area contributed by atoms with Crippen LogP contribution in [-0.2, 0) is 13.0 Å². The van der Waals surface area contributed by atoms with Crippen molar-refractivity contribution < 1.29 is 0 Å². The minimum atomic E-state index is 0.794. The van der Waals surface area contributed by atoms with Gasteiger partial charge in [0.05, 0.1) is 6.54 Å². The van der Waals surface area contributed by atoms with E-state index >= 15 is 0 Å². The van der Waals surface area contributed by atoms with Crippen LogP contribution in [0.15, 0.2) is 4.60 Å². The van der Waals surface area contributed by atoms with Gasteiger partial charge in [0, 0.05) is 5.69 Å². The molecule has 0 aromatic carbocycles. The molecule has 1 aromatic heterocycles. The number of nitrogens with zero attached hydrogens (tertiary/aromatic N) is 1. The van der Waals surface area contributed by atoms with Crippen molar-refractivity contribution in [1.29, 1.82) is 0 Å². The molecule has 12 heavy (non-hydrogen) atoms. The van der Waals surface area contributed by atoms with Crippen LogP contribution in [-0.4, -0.2) is 17.0 Å². The van der Waals surface area contributed by atoms with Crippen LogP contribution in [0.2, 0.25) is 0 Å². The van der Waals surface area contributed by atoms with Gasteiger partial charge in [0.1, 0.15) is 10.4 Å². The molecule has 0 aliphatic carbocycles. The third kappa shape index (κ3) is 2.32. The van der Waals surface area contributed by atoms with Crippen molar-refractivity contribution in [3.05, 3.63) is 16.1 Å². The second-order valence-electron chi connectivity index (χ2n) is 2.73. The molecular formula is C8H14BrN3. The molecule has 2 N–H and O–H groups in total. The van der Waals surface area contributed by atoms with Crippen LogP contribution in [0.25, 0.3) is 0 Å². The minimum Gasteiger partial charge on any atom is -0.344 e. The van der Waals surface area contributed by atoms with Crippen molar-refractivity contribution in [2.24, 2.45) is 0 Å². The first-order valence-electron chi connectivity index (χ1n) is 4.15. The summed E-state index contributed by atoms with van der Waals surface area (Å²) in [5.74, 6) is 0.993. The maximum Gasteiger partial charge on any atom is 0.127 e. The summed E-state index contributed by atoms with van der Waals surface area (Å²) >= 11 is 3.42. The average Bonchev–Trinajstić information content (AvgIpc) is 2.34. The number of nitrogens with one attached hydrogen (secondary N) is 2. The quantitative estimate of drug-likeness (QED) is 0.831. The Bertz CT molecular complexity index is 244. The molecule has 0 radical (unpaired) electrons. The Hall–Kier alpha value is -0.350. The molecule has 0 atom stereocenters. The average molecular weight is 232 g/mol. The summed E-state index contributed by atoms with van der Waals surface area (Å²) in [7, 11) is 1.91. The topological polar surface area (TPSA) is 40.7 Å². The predicted octanol–water partition coefficient (Wildman–Crippen LogP) is 1.84.